The zero-order chi connectivity index (χ0) is 25.6. The van der Waals surface area contributed by atoms with Gasteiger partial charge in [-0.2, -0.15) is 0 Å². The van der Waals surface area contributed by atoms with Crippen LogP contribution in [-0.2, 0) is 22.5 Å². The van der Waals surface area contributed by atoms with Gasteiger partial charge < -0.3 is 15.0 Å². The van der Waals surface area contributed by atoms with Crippen molar-refractivity contribution in [2.24, 2.45) is 0 Å². The molecule has 1 amide bonds. The Kier molecular flexibility index (Phi) is 7.02. The van der Waals surface area contributed by atoms with Crippen molar-refractivity contribution in [3.63, 3.8) is 0 Å². The lowest BCUT2D eigenvalue weighted by Crippen LogP contribution is -2.51. The summed E-state index contributed by atoms with van der Waals surface area (Å²) < 4.78 is 34.1. The number of hydrogen-bond donors (Lipinski definition) is 1. The van der Waals surface area contributed by atoms with E-state index >= 15 is 0 Å². The fourth-order valence-corrected chi connectivity index (χ4v) is 6.61. The van der Waals surface area contributed by atoms with Gasteiger partial charge in [0.15, 0.2) is 0 Å². The largest absolute Gasteiger partial charge is 0.369 e. The molecule has 0 aliphatic carbocycles. The van der Waals surface area contributed by atoms with E-state index in [1.165, 1.54) is 22.6 Å². The lowest BCUT2D eigenvalue weighted by Gasteiger charge is -2.37. The van der Waals surface area contributed by atoms with Gasteiger partial charge >= 0.3 is 0 Å². The summed E-state index contributed by atoms with van der Waals surface area (Å²) in [5.41, 5.74) is 4.29. The lowest BCUT2D eigenvalue weighted by molar-refractivity contribution is -0.131. The Morgan fingerprint density at radius 1 is 1.31 bits per heavy atom. The van der Waals surface area contributed by atoms with Gasteiger partial charge in [-0.3, -0.25) is 4.79 Å². The van der Waals surface area contributed by atoms with E-state index in [9.17, 15) is 13.6 Å². The fourth-order valence-electron chi connectivity index (χ4n) is 5.23. The molecule has 36 heavy (non-hydrogen) atoms. The molecule has 2 saturated heterocycles. The van der Waals surface area contributed by atoms with E-state index in [-0.39, 0.29) is 37.0 Å². The molecule has 10 heteroatoms. The number of nitrogens with zero attached hydrogens (tertiary/aromatic N) is 3. The van der Waals surface area contributed by atoms with Crippen molar-refractivity contribution < 1.29 is 18.3 Å². The molecule has 6 nitrogen and oxygen atoms in total. The Morgan fingerprint density at radius 3 is 2.86 bits per heavy atom. The number of nitrogens with one attached hydrogen (secondary N) is 1. The van der Waals surface area contributed by atoms with Crippen LogP contribution in [-0.4, -0.2) is 58.0 Å². The second-order valence-electron chi connectivity index (χ2n) is 10.2. The van der Waals surface area contributed by atoms with Crippen LogP contribution in [0.2, 0.25) is 5.02 Å². The molecule has 2 aromatic heterocycles. The smallest absolute Gasteiger partial charge is 0.258 e. The first-order chi connectivity index (χ1) is 17.1. The number of carbonyl (C=O) groups excluding carboxylic acids is 1. The Bertz CT molecular complexity index is 1300. The Labute approximate surface area is 218 Å². The molecule has 4 heterocycles. The fraction of sp³-hybridized carbons (Fsp3) is 0.500. The van der Waals surface area contributed by atoms with Crippen LogP contribution in [0.15, 0.2) is 24.5 Å². The second-order valence-corrected chi connectivity index (χ2v) is 11.8. The zero-order valence-electron chi connectivity index (χ0n) is 20.5. The van der Waals surface area contributed by atoms with Gasteiger partial charge in [-0.15, -0.1) is 11.3 Å². The molecule has 1 N–H and O–H groups in total. The van der Waals surface area contributed by atoms with Crippen LogP contribution in [0.1, 0.15) is 42.7 Å². The van der Waals surface area contributed by atoms with Crippen molar-refractivity contribution in [1.82, 2.24) is 20.2 Å². The normalized spacial score (nSPS) is 22.2. The van der Waals surface area contributed by atoms with Crippen molar-refractivity contribution in [2.45, 2.75) is 70.8 Å². The molecule has 0 saturated carbocycles. The Balaban J connectivity index is 1.51. The molecule has 2 aliphatic heterocycles. The first-order valence-electron chi connectivity index (χ1n) is 12.1. The number of fused-ring (bicyclic) bond motifs is 1. The number of likely N-dealkylation sites (tertiary alicyclic amines) is 1. The third-order valence-electron chi connectivity index (χ3n) is 6.89. The molecular formula is C26H29ClF2N4O2S. The first kappa shape index (κ1) is 25.4. The lowest BCUT2D eigenvalue weighted by atomic mass is 9.93. The molecule has 0 radical (unpaired) electrons. The van der Waals surface area contributed by atoms with Crippen LogP contribution >= 0.6 is 22.9 Å². The van der Waals surface area contributed by atoms with Gasteiger partial charge in [-0.25, -0.2) is 18.7 Å². The summed E-state index contributed by atoms with van der Waals surface area (Å²) in [7, 11) is 0. The van der Waals surface area contributed by atoms with Crippen molar-refractivity contribution in [1.29, 1.82) is 0 Å². The van der Waals surface area contributed by atoms with Crippen LogP contribution in [0.3, 0.4) is 0 Å². The number of halogens is 3. The van der Waals surface area contributed by atoms with Crippen LogP contribution in [0.4, 0.5) is 8.78 Å². The summed E-state index contributed by atoms with van der Waals surface area (Å²) in [6.07, 6.45) is -0.0106. The standard InChI is InChI=1S/C26H29ClF2N4O2S/c1-14-6-15(27)7-19(18(14)8-16-10-30-12-26(2,3)35-16)23-24-20(31-13-32-23)9-17(36-24)11-33-21(25(28)29)4-5-22(33)34/h6-7,9,13,16,21,25,30H,4-5,8,10-12H2,1-3H3/t16-,21?/m1/s1. The molecule has 2 fully saturated rings. The van der Waals surface area contributed by atoms with E-state index in [1.807, 2.05) is 25.1 Å². The highest BCUT2D eigenvalue weighted by atomic mass is 35.5. The number of morpholine rings is 1. The number of rotatable bonds is 6. The highest BCUT2D eigenvalue weighted by Gasteiger charge is 2.37. The average molecular weight is 535 g/mol. The van der Waals surface area contributed by atoms with Crippen LogP contribution < -0.4 is 5.32 Å². The Morgan fingerprint density at radius 2 is 2.11 bits per heavy atom. The van der Waals surface area contributed by atoms with Crippen molar-refractivity contribution >= 4 is 39.1 Å². The summed E-state index contributed by atoms with van der Waals surface area (Å²) in [5, 5.41) is 4.07. The van der Waals surface area contributed by atoms with Gasteiger partial charge in [0.2, 0.25) is 5.91 Å². The summed E-state index contributed by atoms with van der Waals surface area (Å²) in [6, 6.07) is 4.70. The van der Waals surface area contributed by atoms with Crippen molar-refractivity contribution in [3.05, 3.63) is 45.6 Å². The third-order valence-corrected chi connectivity index (χ3v) is 8.22. The number of carbonyl (C=O) groups is 1. The minimum atomic E-state index is -2.56. The van der Waals surface area contributed by atoms with Crippen molar-refractivity contribution in [2.75, 3.05) is 13.1 Å². The van der Waals surface area contributed by atoms with E-state index in [1.54, 1.807) is 0 Å². The quantitative estimate of drug-likeness (QED) is 0.459. The first-order valence-corrected chi connectivity index (χ1v) is 13.3. The van der Waals surface area contributed by atoms with Gasteiger partial charge in [-0.05, 0) is 56.5 Å². The number of thiophene rings is 1. The van der Waals surface area contributed by atoms with Crippen LogP contribution in [0.25, 0.3) is 21.5 Å². The summed E-state index contributed by atoms with van der Waals surface area (Å²) in [6.45, 7) is 7.88. The average Bonchev–Trinajstić information content (AvgIpc) is 3.38. The number of hydrogen-bond acceptors (Lipinski definition) is 6. The maximum absolute atomic E-state index is 13.5. The number of aromatic nitrogens is 2. The van der Waals surface area contributed by atoms with Crippen LogP contribution in [0, 0.1) is 6.92 Å². The molecular weight excluding hydrogens is 506 g/mol. The SMILES string of the molecule is Cc1cc(Cl)cc(-c2ncnc3cc(CN4C(=O)CCC4C(F)F)sc23)c1C[C@@H]1CNCC(C)(C)O1. The van der Waals surface area contributed by atoms with Gasteiger partial charge in [0.1, 0.15) is 6.33 Å². The third kappa shape index (κ3) is 5.11. The molecule has 5 rings (SSSR count). The van der Waals surface area contributed by atoms with Crippen LogP contribution in [0.5, 0.6) is 0 Å². The maximum atomic E-state index is 13.5. The number of benzene rings is 1. The molecule has 0 spiro atoms. The molecule has 192 valence electrons. The van der Waals surface area contributed by atoms with Gasteiger partial charge in [0.25, 0.3) is 6.43 Å². The summed E-state index contributed by atoms with van der Waals surface area (Å²) in [5.74, 6) is -0.235. The minimum Gasteiger partial charge on any atom is -0.369 e. The number of aryl methyl sites for hydroxylation is 1. The number of amides is 1. The predicted molar refractivity (Wildman–Crippen MR) is 138 cm³/mol. The molecule has 1 aromatic carbocycles. The summed E-state index contributed by atoms with van der Waals surface area (Å²) in [4.78, 5) is 23.4. The minimum absolute atomic E-state index is 0.00365. The molecule has 1 unspecified atom stereocenters. The number of ether oxygens (including phenoxy) is 1. The maximum Gasteiger partial charge on any atom is 0.258 e. The van der Waals surface area contributed by atoms with Crippen molar-refractivity contribution in [3.8, 4) is 11.3 Å². The second kappa shape index (κ2) is 9.93. The van der Waals surface area contributed by atoms with Gasteiger partial charge in [0, 0.05) is 41.4 Å². The molecule has 2 atom stereocenters. The van der Waals surface area contributed by atoms with E-state index in [0.29, 0.717) is 11.4 Å². The van der Waals surface area contributed by atoms with E-state index in [4.69, 9.17) is 16.3 Å². The monoisotopic (exact) mass is 534 g/mol. The van der Waals surface area contributed by atoms with E-state index in [2.05, 4.69) is 29.1 Å². The highest BCUT2D eigenvalue weighted by Crippen LogP contribution is 2.38. The van der Waals surface area contributed by atoms with Gasteiger partial charge in [-0.1, -0.05) is 11.6 Å². The zero-order valence-corrected chi connectivity index (χ0v) is 22.1. The summed E-state index contributed by atoms with van der Waals surface area (Å²) >= 11 is 7.93. The van der Waals surface area contributed by atoms with E-state index < -0.39 is 12.5 Å². The Hall–Kier alpha value is -2.20. The van der Waals surface area contributed by atoms with E-state index in [0.717, 1.165) is 50.6 Å². The molecule has 2 aliphatic rings. The highest BCUT2D eigenvalue weighted by molar-refractivity contribution is 7.19. The predicted octanol–water partition coefficient (Wildman–Crippen LogP) is 5.39. The molecule has 0 bridgehead atoms. The topological polar surface area (TPSA) is 67.4 Å². The molecule has 3 aromatic rings. The number of alkyl halides is 2. The van der Waals surface area contributed by atoms with Gasteiger partial charge in [0.05, 0.1) is 40.2 Å².